The molecule has 2 atom stereocenters. The molecule has 0 unspecified atom stereocenters. The minimum atomic E-state index is -0.781. The number of aromatic nitrogens is 1. The fourth-order valence-electron chi connectivity index (χ4n) is 4.12. The van der Waals surface area contributed by atoms with Crippen molar-refractivity contribution in [2.24, 2.45) is 5.41 Å². The van der Waals surface area contributed by atoms with Crippen molar-refractivity contribution in [1.82, 2.24) is 9.88 Å². The number of likely N-dealkylation sites (N-methyl/N-ethyl adjacent to an activating group) is 1. The summed E-state index contributed by atoms with van der Waals surface area (Å²) < 4.78 is 0. The van der Waals surface area contributed by atoms with Gasteiger partial charge in [0.25, 0.3) is 0 Å². The maximum Gasteiger partial charge on any atom is 0.314 e. The van der Waals surface area contributed by atoms with E-state index >= 15 is 0 Å². The van der Waals surface area contributed by atoms with Crippen LogP contribution in [0.2, 0.25) is 0 Å². The molecule has 2 N–H and O–H groups in total. The second kappa shape index (κ2) is 4.46. The summed E-state index contributed by atoms with van der Waals surface area (Å²) in [4.78, 5) is 17.4. The summed E-state index contributed by atoms with van der Waals surface area (Å²) in [5.41, 5.74) is 4.05. The molecule has 0 spiro atoms. The third-order valence-corrected chi connectivity index (χ3v) is 5.42. The quantitative estimate of drug-likeness (QED) is 0.896. The van der Waals surface area contributed by atoms with E-state index in [1.165, 1.54) is 22.1 Å². The zero-order valence-electron chi connectivity index (χ0n) is 12.9. The number of hydrogen-bond acceptors (Lipinski definition) is 2. The van der Waals surface area contributed by atoms with Gasteiger partial charge in [0.15, 0.2) is 0 Å². The molecule has 0 bridgehead atoms. The fourth-order valence-corrected chi connectivity index (χ4v) is 4.12. The number of carbonyl (C=O) groups is 1. The molecule has 2 aromatic rings. The summed E-state index contributed by atoms with van der Waals surface area (Å²) in [6.07, 6.45) is 5.68. The third-order valence-electron chi connectivity index (χ3n) is 5.42. The van der Waals surface area contributed by atoms with E-state index in [1.54, 1.807) is 0 Å². The van der Waals surface area contributed by atoms with E-state index in [4.69, 9.17) is 0 Å². The Labute approximate surface area is 129 Å². The first kappa shape index (κ1) is 13.6. The number of benzene rings is 1. The summed E-state index contributed by atoms with van der Waals surface area (Å²) in [5.74, 6) is -0.722. The molecule has 4 heteroatoms. The molecular formula is C18H20N2O2. The number of nitrogens with one attached hydrogen (secondary N) is 1. The predicted molar refractivity (Wildman–Crippen MR) is 86.8 cm³/mol. The Morgan fingerprint density at radius 2 is 2.32 bits per heavy atom. The maximum absolute atomic E-state index is 11.9. The van der Waals surface area contributed by atoms with Crippen LogP contribution in [0.1, 0.15) is 24.5 Å². The number of aromatic amines is 1. The van der Waals surface area contributed by atoms with Crippen molar-refractivity contribution in [3.63, 3.8) is 0 Å². The minimum absolute atomic E-state index is 0.271. The Morgan fingerprint density at radius 3 is 3.05 bits per heavy atom. The van der Waals surface area contributed by atoms with Crippen molar-refractivity contribution in [3.05, 3.63) is 41.6 Å². The smallest absolute Gasteiger partial charge is 0.314 e. The van der Waals surface area contributed by atoms with Gasteiger partial charge < -0.3 is 10.1 Å². The van der Waals surface area contributed by atoms with Gasteiger partial charge in [-0.25, -0.2) is 0 Å². The number of aliphatic carboxylic acids is 1. The average molecular weight is 296 g/mol. The number of fused-ring (bicyclic) bond motifs is 2. The van der Waals surface area contributed by atoms with E-state index in [9.17, 15) is 9.90 Å². The lowest BCUT2D eigenvalue weighted by Crippen LogP contribution is -2.50. The van der Waals surface area contributed by atoms with Crippen molar-refractivity contribution < 1.29 is 9.90 Å². The van der Waals surface area contributed by atoms with Gasteiger partial charge in [-0.15, -0.1) is 0 Å². The second-order valence-electron chi connectivity index (χ2n) is 6.59. The molecule has 1 aromatic carbocycles. The summed E-state index contributed by atoms with van der Waals surface area (Å²) in [5, 5.41) is 11.0. The van der Waals surface area contributed by atoms with Crippen LogP contribution >= 0.6 is 0 Å². The average Bonchev–Trinajstić information content (AvgIpc) is 2.93. The highest BCUT2D eigenvalue weighted by molar-refractivity contribution is 5.99. The number of rotatable bonds is 2. The van der Waals surface area contributed by atoms with Crippen molar-refractivity contribution in [2.45, 2.75) is 25.8 Å². The summed E-state index contributed by atoms with van der Waals surface area (Å²) in [7, 11) is 2.04. The Kier molecular flexibility index (Phi) is 2.76. The number of hydrogen-bond donors (Lipinski definition) is 2. The molecule has 2 aliphatic rings. The van der Waals surface area contributed by atoms with Gasteiger partial charge in [-0.1, -0.05) is 25.1 Å². The van der Waals surface area contributed by atoms with Crippen LogP contribution in [0.15, 0.2) is 30.5 Å². The van der Waals surface area contributed by atoms with Crippen LogP contribution in [0, 0.1) is 5.41 Å². The molecule has 1 aromatic heterocycles. The molecular weight excluding hydrogens is 276 g/mol. The topological polar surface area (TPSA) is 56.3 Å². The van der Waals surface area contributed by atoms with Gasteiger partial charge in [0.1, 0.15) is 0 Å². The molecule has 0 saturated heterocycles. The van der Waals surface area contributed by atoms with Gasteiger partial charge in [-0.2, -0.15) is 0 Å². The van der Waals surface area contributed by atoms with Gasteiger partial charge in [0, 0.05) is 29.7 Å². The summed E-state index contributed by atoms with van der Waals surface area (Å²) in [6.45, 7) is 2.53. The standard InChI is InChI=1S/C18H20N2O2/c1-3-18(17(21)22)8-13-12-5-4-6-14-16(12)11(9-19-14)7-15(13)20(2)10-18/h4-6,8-9,15,19H,3,7,10H2,1-2H3,(H,21,22)/t15-,18-/m1/s1. The van der Waals surface area contributed by atoms with Crippen LogP contribution in [-0.4, -0.2) is 40.6 Å². The largest absolute Gasteiger partial charge is 0.481 e. The van der Waals surface area contributed by atoms with Crippen molar-refractivity contribution in [3.8, 4) is 0 Å². The molecule has 1 aliphatic carbocycles. The molecule has 2 heterocycles. The van der Waals surface area contributed by atoms with Crippen LogP contribution in [-0.2, 0) is 11.2 Å². The Bertz CT molecular complexity index is 805. The Morgan fingerprint density at radius 1 is 1.50 bits per heavy atom. The normalized spacial score (nSPS) is 27.5. The first-order valence-corrected chi connectivity index (χ1v) is 7.81. The molecule has 1 aliphatic heterocycles. The molecule has 114 valence electrons. The highest BCUT2D eigenvalue weighted by Gasteiger charge is 2.44. The first-order valence-electron chi connectivity index (χ1n) is 7.81. The lowest BCUT2D eigenvalue weighted by Gasteiger charge is -2.43. The van der Waals surface area contributed by atoms with Gasteiger partial charge >= 0.3 is 5.97 Å². The number of H-pyrrole nitrogens is 1. The summed E-state index contributed by atoms with van der Waals surface area (Å²) >= 11 is 0. The minimum Gasteiger partial charge on any atom is -0.481 e. The van der Waals surface area contributed by atoms with Crippen LogP contribution in [0.5, 0.6) is 0 Å². The van der Waals surface area contributed by atoms with Crippen molar-refractivity contribution in [1.29, 1.82) is 0 Å². The van der Waals surface area contributed by atoms with Crippen LogP contribution < -0.4 is 0 Å². The Hall–Kier alpha value is -2.07. The van der Waals surface area contributed by atoms with Crippen LogP contribution in [0.25, 0.3) is 16.5 Å². The maximum atomic E-state index is 11.9. The monoisotopic (exact) mass is 296 g/mol. The van der Waals surface area contributed by atoms with Gasteiger partial charge in [0.05, 0.1) is 5.41 Å². The summed E-state index contributed by atoms with van der Waals surface area (Å²) in [6, 6.07) is 6.52. The molecule has 0 fully saturated rings. The van der Waals surface area contributed by atoms with Crippen molar-refractivity contribution >= 4 is 22.4 Å². The second-order valence-corrected chi connectivity index (χ2v) is 6.59. The van der Waals surface area contributed by atoms with E-state index in [-0.39, 0.29) is 6.04 Å². The van der Waals surface area contributed by atoms with E-state index in [2.05, 4.69) is 28.2 Å². The van der Waals surface area contributed by atoms with E-state index in [0.717, 1.165) is 11.9 Å². The van der Waals surface area contributed by atoms with Crippen molar-refractivity contribution in [2.75, 3.05) is 13.6 Å². The van der Waals surface area contributed by atoms with Gasteiger partial charge in [-0.05, 0) is 42.7 Å². The zero-order chi connectivity index (χ0) is 15.5. The Balaban J connectivity index is 1.99. The fraction of sp³-hybridized carbons (Fsp3) is 0.389. The highest BCUT2D eigenvalue weighted by atomic mass is 16.4. The van der Waals surface area contributed by atoms with E-state index in [0.29, 0.717) is 13.0 Å². The number of carboxylic acids is 1. The molecule has 0 saturated carbocycles. The van der Waals surface area contributed by atoms with Gasteiger partial charge in [0.2, 0.25) is 0 Å². The van der Waals surface area contributed by atoms with E-state index in [1.807, 2.05) is 26.1 Å². The molecule has 4 rings (SSSR count). The molecule has 0 amide bonds. The molecule has 22 heavy (non-hydrogen) atoms. The lowest BCUT2D eigenvalue weighted by atomic mass is 9.73. The number of nitrogens with zero attached hydrogens (tertiary/aromatic N) is 1. The van der Waals surface area contributed by atoms with Crippen LogP contribution in [0.3, 0.4) is 0 Å². The van der Waals surface area contributed by atoms with Crippen LogP contribution in [0.4, 0.5) is 0 Å². The zero-order valence-corrected chi connectivity index (χ0v) is 12.9. The first-order chi connectivity index (χ1) is 10.6. The van der Waals surface area contributed by atoms with Gasteiger partial charge in [-0.3, -0.25) is 9.69 Å². The SMILES string of the molecule is CC[C@@]1(C(=O)O)C=C2c3cccc4[nH]cc(c34)C[C@H]2N(C)C1. The molecule has 0 radical (unpaired) electrons. The number of carboxylic acid groups (broad SMARTS) is 1. The van der Waals surface area contributed by atoms with E-state index < -0.39 is 11.4 Å². The highest BCUT2D eigenvalue weighted by Crippen LogP contribution is 2.44. The lowest BCUT2D eigenvalue weighted by molar-refractivity contribution is -0.147. The predicted octanol–water partition coefficient (Wildman–Crippen LogP) is 2.90. The third kappa shape index (κ3) is 1.64. The molecule has 4 nitrogen and oxygen atoms in total.